The highest BCUT2D eigenvalue weighted by Crippen LogP contribution is 2.11. The molecule has 0 aromatic heterocycles. The van der Waals surface area contributed by atoms with Gasteiger partial charge in [0, 0.05) is 18.8 Å². The highest BCUT2D eigenvalue weighted by Gasteiger charge is 2.09. The van der Waals surface area contributed by atoms with Gasteiger partial charge in [-0.1, -0.05) is 20.8 Å². The number of Topliss-reactive ketones (excluding diaryl/α,β-unsaturated/α-hetero) is 1. The predicted molar refractivity (Wildman–Crippen MR) is 48.9 cm³/mol. The van der Waals surface area contributed by atoms with E-state index < -0.39 is 0 Å². The Labute approximate surface area is 74.3 Å². The summed E-state index contributed by atoms with van der Waals surface area (Å²) >= 11 is 0. The Morgan fingerprint density at radius 2 is 1.92 bits per heavy atom. The zero-order valence-corrected chi connectivity index (χ0v) is 8.17. The van der Waals surface area contributed by atoms with Gasteiger partial charge in [0.05, 0.1) is 0 Å². The van der Waals surface area contributed by atoms with Crippen molar-refractivity contribution in [3.63, 3.8) is 0 Å². The summed E-state index contributed by atoms with van der Waals surface area (Å²) in [5.74, 6) is 0.784. The highest BCUT2D eigenvalue weighted by atomic mass is 16.1. The third-order valence-electron chi connectivity index (χ3n) is 2.03. The van der Waals surface area contributed by atoms with Crippen molar-refractivity contribution in [2.75, 3.05) is 0 Å². The van der Waals surface area contributed by atoms with E-state index in [9.17, 15) is 9.59 Å². The van der Waals surface area contributed by atoms with Crippen LogP contribution in [0.4, 0.5) is 0 Å². The lowest BCUT2D eigenvalue weighted by Gasteiger charge is -2.07. The van der Waals surface area contributed by atoms with Crippen LogP contribution in [0.5, 0.6) is 0 Å². The first kappa shape index (κ1) is 11.3. The molecule has 0 unspecified atom stereocenters. The van der Waals surface area contributed by atoms with Gasteiger partial charge in [0.15, 0.2) is 0 Å². The smallest absolute Gasteiger partial charge is 0.135 e. The lowest BCUT2D eigenvalue weighted by molar-refractivity contribution is -0.122. The van der Waals surface area contributed by atoms with Crippen LogP contribution in [0.3, 0.4) is 0 Å². The second-order valence-electron chi connectivity index (χ2n) is 3.67. The molecule has 2 nitrogen and oxygen atoms in total. The molecule has 12 heavy (non-hydrogen) atoms. The van der Waals surface area contributed by atoms with E-state index in [4.69, 9.17) is 0 Å². The third kappa shape index (κ3) is 5.05. The number of aldehydes is 1. The average Bonchev–Trinajstić information content (AvgIpc) is 2.00. The number of carbonyl (C=O) groups is 2. The first-order chi connectivity index (χ1) is 5.57. The van der Waals surface area contributed by atoms with Gasteiger partial charge in [0.2, 0.25) is 0 Å². The molecule has 0 saturated carbocycles. The van der Waals surface area contributed by atoms with Crippen molar-refractivity contribution in [2.24, 2.45) is 11.8 Å². The lowest BCUT2D eigenvalue weighted by atomic mass is 9.97. The maximum atomic E-state index is 11.2. The van der Waals surface area contributed by atoms with E-state index in [1.54, 1.807) is 0 Å². The van der Waals surface area contributed by atoms with Gasteiger partial charge in [-0.3, -0.25) is 4.79 Å². The number of ketones is 1. The van der Waals surface area contributed by atoms with E-state index in [1.807, 2.05) is 20.8 Å². The predicted octanol–water partition coefficient (Wildman–Crippen LogP) is 2.22. The largest absolute Gasteiger partial charge is 0.303 e. The minimum atomic E-state index is 0.133. The summed E-state index contributed by atoms with van der Waals surface area (Å²) in [5, 5.41) is 0. The van der Waals surface area contributed by atoms with Crippen LogP contribution >= 0.6 is 0 Å². The summed E-state index contributed by atoms with van der Waals surface area (Å²) in [5.41, 5.74) is 0. The Balaban J connectivity index is 3.53. The van der Waals surface area contributed by atoms with E-state index >= 15 is 0 Å². The molecular formula is C10H18O2. The zero-order chi connectivity index (χ0) is 9.56. The van der Waals surface area contributed by atoms with Gasteiger partial charge in [-0.15, -0.1) is 0 Å². The molecule has 0 radical (unpaired) electrons. The third-order valence-corrected chi connectivity index (χ3v) is 2.03. The van der Waals surface area contributed by atoms with Gasteiger partial charge in [0.1, 0.15) is 12.1 Å². The van der Waals surface area contributed by atoms with Crippen LogP contribution in [0, 0.1) is 11.8 Å². The summed E-state index contributed by atoms with van der Waals surface area (Å²) in [6.07, 6.45) is 2.96. The molecule has 0 aliphatic rings. The molecular weight excluding hydrogens is 152 g/mol. The van der Waals surface area contributed by atoms with Gasteiger partial charge in [-0.2, -0.15) is 0 Å². The maximum Gasteiger partial charge on any atom is 0.135 e. The van der Waals surface area contributed by atoms with Crippen LogP contribution in [-0.2, 0) is 9.59 Å². The monoisotopic (exact) mass is 170 g/mol. The second kappa shape index (κ2) is 5.92. The molecule has 0 aliphatic heterocycles. The molecule has 0 amide bonds. The van der Waals surface area contributed by atoms with Crippen LogP contribution in [0.15, 0.2) is 0 Å². The Morgan fingerprint density at radius 1 is 1.33 bits per heavy atom. The van der Waals surface area contributed by atoms with Crippen LogP contribution in [0.1, 0.15) is 40.0 Å². The fourth-order valence-electron chi connectivity index (χ4n) is 0.959. The van der Waals surface area contributed by atoms with Gasteiger partial charge in [-0.05, 0) is 12.3 Å². The molecule has 70 valence electrons. The molecule has 0 spiro atoms. The fraction of sp³-hybridized carbons (Fsp3) is 0.800. The Hall–Kier alpha value is -0.660. The quantitative estimate of drug-likeness (QED) is 0.573. The first-order valence-corrected chi connectivity index (χ1v) is 4.54. The number of rotatable bonds is 6. The van der Waals surface area contributed by atoms with E-state index in [0.29, 0.717) is 24.5 Å². The highest BCUT2D eigenvalue weighted by molar-refractivity contribution is 5.80. The van der Waals surface area contributed by atoms with E-state index in [2.05, 4.69) is 0 Å². The molecule has 2 heteroatoms. The van der Waals surface area contributed by atoms with Crippen molar-refractivity contribution in [1.82, 2.24) is 0 Å². The topological polar surface area (TPSA) is 34.1 Å². The summed E-state index contributed by atoms with van der Waals surface area (Å²) in [7, 11) is 0. The molecule has 0 aromatic carbocycles. The van der Waals surface area contributed by atoms with Gasteiger partial charge in [-0.25, -0.2) is 0 Å². The number of hydrogen-bond donors (Lipinski definition) is 0. The molecule has 0 heterocycles. The van der Waals surface area contributed by atoms with Crippen molar-refractivity contribution in [2.45, 2.75) is 40.0 Å². The van der Waals surface area contributed by atoms with Crippen molar-refractivity contribution in [1.29, 1.82) is 0 Å². The van der Waals surface area contributed by atoms with Crippen molar-refractivity contribution < 1.29 is 9.59 Å². The molecule has 0 fully saturated rings. The molecule has 0 bridgehead atoms. The summed E-state index contributed by atoms with van der Waals surface area (Å²) in [6.45, 7) is 5.82. The van der Waals surface area contributed by atoms with Crippen LogP contribution in [-0.4, -0.2) is 12.1 Å². The Morgan fingerprint density at radius 3 is 2.33 bits per heavy atom. The molecule has 0 aliphatic carbocycles. The molecule has 0 aromatic rings. The maximum absolute atomic E-state index is 11.2. The number of hydrogen-bond acceptors (Lipinski definition) is 2. The molecule has 0 saturated heterocycles. The molecule has 1 atom stereocenters. The second-order valence-corrected chi connectivity index (χ2v) is 3.67. The van der Waals surface area contributed by atoms with Crippen molar-refractivity contribution in [3.8, 4) is 0 Å². The van der Waals surface area contributed by atoms with Crippen LogP contribution in [0.2, 0.25) is 0 Å². The Kier molecular flexibility index (Phi) is 5.60. The first-order valence-electron chi connectivity index (χ1n) is 4.54. The average molecular weight is 170 g/mol. The van der Waals surface area contributed by atoms with E-state index in [1.165, 1.54) is 0 Å². The minimum Gasteiger partial charge on any atom is -0.303 e. The van der Waals surface area contributed by atoms with Gasteiger partial charge < -0.3 is 4.79 Å². The zero-order valence-electron chi connectivity index (χ0n) is 8.17. The van der Waals surface area contributed by atoms with Crippen LogP contribution in [0.25, 0.3) is 0 Å². The summed E-state index contributed by atoms with van der Waals surface area (Å²) < 4.78 is 0. The summed E-state index contributed by atoms with van der Waals surface area (Å²) in [4.78, 5) is 21.3. The summed E-state index contributed by atoms with van der Waals surface area (Å²) in [6, 6.07) is 0. The van der Waals surface area contributed by atoms with E-state index in [0.717, 1.165) is 12.7 Å². The normalized spacial score (nSPS) is 13.0. The minimum absolute atomic E-state index is 0.133. The van der Waals surface area contributed by atoms with Gasteiger partial charge >= 0.3 is 0 Å². The SMILES string of the molecule is CC(C)C(=O)CC[C@@H](C)CC=O. The lowest BCUT2D eigenvalue weighted by Crippen LogP contribution is -2.08. The number of carbonyl (C=O) groups excluding carboxylic acids is 2. The standard InChI is InChI=1S/C10H18O2/c1-8(2)10(12)5-4-9(3)6-7-11/h7-9H,4-6H2,1-3H3/t9-/m1/s1. The van der Waals surface area contributed by atoms with Gasteiger partial charge in [0.25, 0.3) is 0 Å². The Bertz CT molecular complexity index is 150. The van der Waals surface area contributed by atoms with E-state index in [-0.39, 0.29) is 5.92 Å². The molecule has 0 N–H and O–H groups in total. The van der Waals surface area contributed by atoms with Crippen LogP contribution < -0.4 is 0 Å². The van der Waals surface area contributed by atoms with Crippen molar-refractivity contribution in [3.05, 3.63) is 0 Å². The van der Waals surface area contributed by atoms with Crippen molar-refractivity contribution >= 4 is 12.1 Å². The molecule has 0 rings (SSSR count). The fourth-order valence-corrected chi connectivity index (χ4v) is 0.959.